The van der Waals surface area contributed by atoms with E-state index in [1.807, 2.05) is 32.0 Å². The van der Waals surface area contributed by atoms with Crippen molar-refractivity contribution < 1.29 is 13.9 Å². The molecule has 1 N–H and O–H groups in total. The zero-order valence-corrected chi connectivity index (χ0v) is 9.46. The van der Waals surface area contributed by atoms with E-state index in [2.05, 4.69) is 5.32 Å². The van der Waals surface area contributed by atoms with Gasteiger partial charge in [-0.05, 0) is 25.5 Å². The molecule has 4 nitrogen and oxygen atoms in total. The molecule has 4 heteroatoms. The van der Waals surface area contributed by atoms with Crippen LogP contribution in [-0.4, -0.2) is 13.1 Å². The SMILES string of the molecule is CNC(=O)Oc1oc2cccc(C)c2c1C. The number of nitrogens with one attached hydrogen (secondary N) is 1. The molecule has 0 unspecified atom stereocenters. The third-order valence-corrected chi connectivity index (χ3v) is 2.51. The molecule has 0 aliphatic rings. The highest BCUT2D eigenvalue weighted by molar-refractivity contribution is 5.87. The van der Waals surface area contributed by atoms with Crippen LogP contribution in [0.15, 0.2) is 22.6 Å². The Kier molecular flexibility index (Phi) is 2.56. The van der Waals surface area contributed by atoms with Gasteiger partial charge in [0.1, 0.15) is 5.58 Å². The summed E-state index contributed by atoms with van der Waals surface area (Å²) in [5.41, 5.74) is 2.68. The summed E-state index contributed by atoms with van der Waals surface area (Å²) in [5.74, 6) is 0.253. The first-order valence-corrected chi connectivity index (χ1v) is 5.01. The van der Waals surface area contributed by atoms with Gasteiger partial charge in [0.15, 0.2) is 0 Å². The highest BCUT2D eigenvalue weighted by atomic mass is 16.6. The monoisotopic (exact) mass is 219 g/mol. The molecule has 1 amide bonds. The minimum absolute atomic E-state index is 0.253. The average molecular weight is 219 g/mol. The predicted molar refractivity (Wildman–Crippen MR) is 60.8 cm³/mol. The smallest absolute Gasteiger partial charge is 0.414 e. The molecule has 2 aromatic rings. The minimum Gasteiger partial charge on any atom is -0.425 e. The number of hydrogen-bond donors (Lipinski definition) is 1. The van der Waals surface area contributed by atoms with Crippen molar-refractivity contribution in [3.63, 3.8) is 0 Å². The fraction of sp³-hybridized carbons (Fsp3) is 0.250. The first-order chi connectivity index (χ1) is 7.63. The van der Waals surface area contributed by atoms with Crippen LogP contribution in [0.3, 0.4) is 0 Å². The minimum atomic E-state index is -0.528. The van der Waals surface area contributed by atoms with Crippen LogP contribution in [0.1, 0.15) is 11.1 Å². The van der Waals surface area contributed by atoms with E-state index in [0.717, 1.165) is 22.1 Å². The number of carbonyl (C=O) groups excluding carboxylic acids is 1. The van der Waals surface area contributed by atoms with Gasteiger partial charge in [0, 0.05) is 18.0 Å². The van der Waals surface area contributed by atoms with Crippen LogP contribution >= 0.6 is 0 Å². The Labute approximate surface area is 93.2 Å². The van der Waals surface area contributed by atoms with E-state index in [-0.39, 0.29) is 5.95 Å². The van der Waals surface area contributed by atoms with Crippen LogP contribution in [-0.2, 0) is 0 Å². The molecular weight excluding hydrogens is 206 g/mol. The van der Waals surface area contributed by atoms with Crippen molar-refractivity contribution in [2.75, 3.05) is 7.05 Å². The Morgan fingerprint density at radius 3 is 2.75 bits per heavy atom. The van der Waals surface area contributed by atoms with Crippen molar-refractivity contribution in [1.29, 1.82) is 0 Å². The molecule has 16 heavy (non-hydrogen) atoms. The van der Waals surface area contributed by atoms with E-state index in [1.54, 1.807) is 0 Å². The average Bonchev–Trinajstić information content (AvgIpc) is 2.57. The third kappa shape index (κ3) is 1.62. The number of rotatable bonds is 1. The van der Waals surface area contributed by atoms with Gasteiger partial charge in [0.2, 0.25) is 0 Å². The summed E-state index contributed by atoms with van der Waals surface area (Å²) in [4.78, 5) is 11.1. The summed E-state index contributed by atoms with van der Waals surface area (Å²) in [6, 6.07) is 5.75. The quantitative estimate of drug-likeness (QED) is 0.802. The molecule has 0 fully saturated rings. The maximum atomic E-state index is 11.1. The summed E-state index contributed by atoms with van der Waals surface area (Å²) in [6.07, 6.45) is -0.528. The number of aryl methyl sites for hydroxylation is 2. The van der Waals surface area contributed by atoms with Crippen LogP contribution in [0.4, 0.5) is 4.79 Å². The van der Waals surface area contributed by atoms with Gasteiger partial charge < -0.3 is 14.5 Å². The molecule has 0 radical (unpaired) electrons. The van der Waals surface area contributed by atoms with E-state index >= 15 is 0 Å². The van der Waals surface area contributed by atoms with Crippen LogP contribution in [0, 0.1) is 13.8 Å². The van der Waals surface area contributed by atoms with Gasteiger partial charge >= 0.3 is 6.09 Å². The van der Waals surface area contributed by atoms with E-state index in [0.29, 0.717) is 0 Å². The Morgan fingerprint density at radius 2 is 2.12 bits per heavy atom. The second kappa shape index (κ2) is 3.89. The summed E-state index contributed by atoms with van der Waals surface area (Å²) >= 11 is 0. The fourth-order valence-electron chi connectivity index (χ4n) is 1.72. The van der Waals surface area contributed by atoms with Crippen molar-refractivity contribution >= 4 is 17.1 Å². The number of carbonyl (C=O) groups is 1. The number of benzene rings is 1. The van der Waals surface area contributed by atoms with Crippen LogP contribution in [0.5, 0.6) is 5.95 Å². The molecule has 0 aliphatic carbocycles. The molecular formula is C12H13NO3. The molecule has 0 bridgehead atoms. The fourth-order valence-corrected chi connectivity index (χ4v) is 1.72. The summed E-state index contributed by atoms with van der Waals surface area (Å²) in [5, 5.41) is 3.38. The van der Waals surface area contributed by atoms with E-state index in [4.69, 9.17) is 9.15 Å². The largest absolute Gasteiger partial charge is 0.425 e. The Balaban J connectivity index is 2.52. The van der Waals surface area contributed by atoms with Gasteiger partial charge in [-0.2, -0.15) is 0 Å². The number of amides is 1. The third-order valence-electron chi connectivity index (χ3n) is 2.51. The Bertz CT molecular complexity index is 542. The summed E-state index contributed by atoms with van der Waals surface area (Å²) in [7, 11) is 1.51. The van der Waals surface area contributed by atoms with Crippen molar-refractivity contribution in [3.05, 3.63) is 29.3 Å². The maximum Gasteiger partial charge on any atom is 0.414 e. The molecule has 84 valence electrons. The highest BCUT2D eigenvalue weighted by Gasteiger charge is 2.15. The first kappa shape index (κ1) is 10.5. The highest BCUT2D eigenvalue weighted by Crippen LogP contribution is 2.32. The molecule has 1 aromatic carbocycles. The molecule has 0 saturated heterocycles. The second-order valence-electron chi connectivity index (χ2n) is 3.60. The number of ether oxygens (including phenoxy) is 1. The zero-order valence-electron chi connectivity index (χ0n) is 9.46. The lowest BCUT2D eigenvalue weighted by Crippen LogP contribution is -2.22. The molecule has 1 aromatic heterocycles. The lowest BCUT2D eigenvalue weighted by molar-refractivity contribution is 0.191. The normalized spacial score (nSPS) is 10.4. The number of furan rings is 1. The second-order valence-corrected chi connectivity index (χ2v) is 3.60. The van der Waals surface area contributed by atoms with Crippen molar-refractivity contribution in [3.8, 4) is 5.95 Å². The zero-order chi connectivity index (χ0) is 11.7. The first-order valence-electron chi connectivity index (χ1n) is 5.01. The van der Waals surface area contributed by atoms with E-state index in [1.165, 1.54) is 7.05 Å². The summed E-state index contributed by atoms with van der Waals surface area (Å²) < 4.78 is 10.5. The van der Waals surface area contributed by atoms with Gasteiger partial charge in [-0.3, -0.25) is 0 Å². The maximum absolute atomic E-state index is 11.1. The number of fused-ring (bicyclic) bond motifs is 1. The lowest BCUT2D eigenvalue weighted by Gasteiger charge is -1.99. The van der Waals surface area contributed by atoms with E-state index in [9.17, 15) is 4.79 Å². The molecule has 2 rings (SSSR count). The molecule has 1 heterocycles. The predicted octanol–water partition coefficient (Wildman–Crippen LogP) is 2.77. The van der Waals surface area contributed by atoms with Gasteiger partial charge in [0.05, 0.1) is 0 Å². The van der Waals surface area contributed by atoms with Gasteiger partial charge in [-0.15, -0.1) is 0 Å². The van der Waals surface area contributed by atoms with Crippen molar-refractivity contribution in [2.45, 2.75) is 13.8 Å². The van der Waals surface area contributed by atoms with Crippen molar-refractivity contribution in [1.82, 2.24) is 5.32 Å². The standard InChI is InChI=1S/C12H13NO3/c1-7-5-4-6-9-10(7)8(2)11(15-9)16-12(14)13-3/h4-6H,1-3H3,(H,13,14). The molecule has 0 spiro atoms. The topological polar surface area (TPSA) is 51.5 Å². The van der Waals surface area contributed by atoms with Crippen LogP contribution < -0.4 is 10.1 Å². The van der Waals surface area contributed by atoms with E-state index < -0.39 is 6.09 Å². The summed E-state index contributed by atoms with van der Waals surface area (Å²) in [6.45, 7) is 3.87. The van der Waals surface area contributed by atoms with Crippen LogP contribution in [0.25, 0.3) is 11.0 Å². The lowest BCUT2D eigenvalue weighted by atomic mass is 10.1. The molecule has 0 aliphatic heterocycles. The van der Waals surface area contributed by atoms with Gasteiger partial charge in [-0.1, -0.05) is 12.1 Å². The Morgan fingerprint density at radius 1 is 1.38 bits per heavy atom. The molecule has 0 atom stereocenters. The van der Waals surface area contributed by atoms with Gasteiger partial charge in [0.25, 0.3) is 5.95 Å². The van der Waals surface area contributed by atoms with Crippen molar-refractivity contribution in [2.24, 2.45) is 0 Å². The molecule has 0 saturated carbocycles. The Hall–Kier alpha value is -1.97. The van der Waals surface area contributed by atoms with Crippen LogP contribution in [0.2, 0.25) is 0 Å². The van der Waals surface area contributed by atoms with Gasteiger partial charge in [-0.25, -0.2) is 4.79 Å². The number of hydrogen-bond acceptors (Lipinski definition) is 3.